The number of halogens is 2. The van der Waals surface area contributed by atoms with E-state index >= 15 is 0 Å². The molecule has 0 saturated carbocycles. The molecule has 0 bridgehead atoms. The zero-order chi connectivity index (χ0) is 9.68. The van der Waals surface area contributed by atoms with E-state index in [0.717, 1.165) is 21.2 Å². The molecule has 13 heavy (non-hydrogen) atoms. The van der Waals surface area contributed by atoms with Crippen molar-refractivity contribution in [3.05, 3.63) is 21.3 Å². The van der Waals surface area contributed by atoms with Crippen LogP contribution in [0.3, 0.4) is 0 Å². The number of aromatic nitrogens is 1. The van der Waals surface area contributed by atoms with Crippen LogP contribution in [0.15, 0.2) is 21.3 Å². The fourth-order valence-electron chi connectivity index (χ4n) is 0.858. The second kappa shape index (κ2) is 5.57. The number of methoxy groups -OCH3 is 1. The van der Waals surface area contributed by atoms with Gasteiger partial charge in [0, 0.05) is 26.0 Å². The monoisotopic (exact) mass is 308 g/mol. The SMILES string of the molecule is COCCNc1c(Br)cncc1Br. The highest BCUT2D eigenvalue weighted by Gasteiger charge is 2.03. The third-order valence-corrected chi connectivity index (χ3v) is 2.66. The Bertz CT molecular complexity index is 261. The van der Waals surface area contributed by atoms with Gasteiger partial charge in [0.15, 0.2) is 0 Å². The van der Waals surface area contributed by atoms with Crippen LogP contribution in [0.1, 0.15) is 0 Å². The molecule has 1 heterocycles. The molecule has 1 aromatic rings. The average molecular weight is 310 g/mol. The third kappa shape index (κ3) is 3.25. The lowest BCUT2D eigenvalue weighted by molar-refractivity contribution is 0.210. The van der Waals surface area contributed by atoms with Gasteiger partial charge in [-0.1, -0.05) is 0 Å². The standard InChI is InChI=1S/C8H10Br2N2O/c1-13-3-2-12-8-6(9)4-11-5-7(8)10/h4-5H,2-3H2,1H3,(H,11,12). The first-order valence-corrected chi connectivity index (χ1v) is 5.36. The first kappa shape index (κ1) is 10.9. The van der Waals surface area contributed by atoms with Crippen molar-refractivity contribution in [1.82, 2.24) is 4.98 Å². The van der Waals surface area contributed by atoms with Crippen LogP contribution in [-0.2, 0) is 4.74 Å². The summed E-state index contributed by atoms with van der Waals surface area (Å²) in [6, 6.07) is 0. The summed E-state index contributed by atoms with van der Waals surface area (Å²) in [6.45, 7) is 1.46. The van der Waals surface area contributed by atoms with Gasteiger partial charge in [-0.2, -0.15) is 0 Å². The van der Waals surface area contributed by atoms with Gasteiger partial charge in [0.2, 0.25) is 0 Å². The topological polar surface area (TPSA) is 34.1 Å². The average Bonchev–Trinajstić information content (AvgIpc) is 2.10. The van der Waals surface area contributed by atoms with Crippen molar-refractivity contribution in [2.24, 2.45) is 0 Å². The van der Waals surface area contributed by atoms with Crippen LogP contribution in [0.2, 0.25) is 0 Å². The van der Waals surface area contributed by atoms with Crippen molar-refractivity contribution in [2.75, 3.05) is 25.6 Å². The quantitative estimate of drug-likeness (QED) is 0.868. The van der Waals surface area contributed by atoms with Crippen LogP contribution in [0.25, 0.3) is 0 Å². The van der Waals surface area contributed by atoms with E-state index in [0.29, 0.717) is 6.61 Å². The third-order valence-electron chi connectivity index (χ3n) is 1.46. The van der Waals surface area contributed by atoms with Gasteiger partial charge in [-0.15, -0.1) is 0 Å². The van der Waals surface area contributed by atoms with Gasteiger partial charge in [0.25, 0.3) is 0 Å². The number of hydrogen-bond acceptors (Lipinski definition) is 3. The molecule has 0 atom stereocenters. The fraction of sp³-hybridized carbons (Fsp3) is 0.375. The maximum absolute atomic E-state index is 4.93. The van der Waals surface area contributed by atoms with Gasteiger partial charge in [-0.3, -0.25) is 4.98 Å². The van der Waals surface area contributed by atoms with Gasteiger partial charge < -0.3 is 10.1 Å². The van der Waals surface area contributed by atoms with Gasteiger partial charge in [-0.25, -0.2) is 0 Å². The lowest BCUT2D eigenvalue weighted by Crippen LogP contribution is -2.08. The zero-order valence-corrected chi connectivity index (χ0v) is 10.4. The van der Waals surface area contributed by atoms with Crippen LogP contribution in [0.4, 0.5) is 5.69 Å². The van der Waals surface area contributed by atoms with Gasteiger partial charge in [0.1, 0.15) is 0 Å². The van der Waals surface area contributed by atoms with E-state index in [4.69, 9.17) is 4.74 Å². The Balaban J connectivity index is 2.64. The van der Waals surface area contributed by atoms with E-state index in [9.17, 15) is 0 Å². The first-order valence-electron chi connectivity index (χ1n) is 3.77. The molecule has 1 N–H and O–H groups in total. The summed E-state index contributed by atoms with van der Waals surface area (Å²) in [7, 11) is 1.68. The molecule has 0 fully saturated rings. The van der Waals surface area contributed by atoms with Crippen LogP contribution in [0.5, 0.6) is 0 Å². The molecule has 0 spiro atoms. The Labute approximate surface area is 94.1 Å². The summed E-state index contributed by atoms with van der Waals surface area (Å²) in [4.78, 5) is 4.01. The highest BCUT2D eigenvalue weighted by Crippen LogP contribution is 2.28. The van der Waals surface area contributed by atoms with Crippen molar-refractivity contribution >= 4 is 37.5 Å². The lowest BCUT2D eigenvalue weighted by Gasteiger charge is -2.08. The van der Waals surface area contributed by atoms with Crippen molar-refractivity contribution in [2.45, 2.75) is 0 Å². The summed E-state index contributed by atoms with van der Waals surface area (Å²) in [5.74, 6) is 0. The van der Waals surface area contributed by atoms with E-state index in [1.807, 2.05) is 0 Å². The minimum atomic E-state index is 0.682. The Kier molecular flexibility index (Phi) is 4.69. The minimum Gasteiger partial charge on any atom is -0.383 e. The molecule has 0 saturated heterocycles. The summed E-state index contributed by atoms with van der Waals surface area (Å²) >= 11 is 6.81. The minimum absolute atomic E-state index is 0.682. The molecular formula is C8H10Br2N2O. The Morgan fingerprint density at radius 3 is 2.54 bits per heavy atom. The van der Waals surface area contributed by atoms with Gasteiger partial charge >= 0.3 is 0 Å². The molecule has 0 aliphatic rings. The molecule has 0 radical (unpaired) electrons. The summed E-state index contributed by atoms with van der Waals surface area (Å²) in [5.41, 5.74) is 1.01. The van der Waals surface area contributed by atoms with E-state index in [-0.39, 0.29) is 0 Å². The normalized spacial score (nSPS) is 10.1. The molecule has 72 valence electrons. The molecule has 1 aromatic heterocycles. The lowest BCUT2D eigenvalue weighted by atomic mass is 10.4. The van der Waals surface area contributed by atoms with E-state index in [2.05, 4.69) is 42.2 Å². The maximum atomic E-state index is 4.93. The maximum Gasteiger partial charge on any atom is 0.0661 e. The number of hydrogen-bond donors (Lipinski definition) is 1. The summed E-state index contributed by atoms with van der Waals surface area (Å²) in [6.07, 6.45) is 3.50. The van der Waals surface area contributed by atoms with E-state index in [1.54, 1.807) is 19.5 Å². The van der Waals surface area contributed by atoms with Crippen LogP contribution >= 0.6 is 31.9 Å². The van der Waals surface area contributed by atoms with Crippen molar-refractivity contribution in [1.29, 1.82) is 0 Å². The molecule has 0 amide bonds. The molecule has 0 aliphatic carbocycles. The molecule has 1 rings (SSSR count). The fourth-order valence-corrected chi connectivity index (χ4v) is 2.07. The van der Waals surface area contributed by atoms with Gasteiger partial charge in [-0.05, 0) is 31.9 Å². The number of ether oxygens (including phenoxy) is 1. The second-order valence-electron chi connectivity index (χ2n) is 2.40. The summed E-state index contributed by atoms with van der Waals surface area (Å²) < 4.78 is 6.82. The second-order valence-corrected chi connectivity index (χ2v) is 4.11. The number of nitrogens with one attached hydrogen (secondary N) is 1. The molecule has 3 nitrogen and oxygen atoms in total. The predicted molar refractivity (Wildman–Crippen MR) is 60.0 cm³/mol. The summed E-state index contributed by atoms with van der Waals surface area (Å²) in [5, 5.41) is 3.22. The van der Waals surface area contributed by atoms with E-state index in [1.165, 1.54) is 0 Å². The van der Waals surface area contributed by atoms with Crippen LogP contribution in [-0.4, -0.2) is 25.2 Å². The van der Waals surface area contributed by atoms with Crippen LogP contribution in [0, 0.1) is 0 Å². The number of anilines is 1. The molecule has 5 heteroatoms. The predicted octanol–water partition coefficient (Wildman–Crippen LogP) is 2.66. The molecule has 0 aromatic carbocycles. The molecular weight excluding hydrogens is 300 g/mol. The Hall–Kier alpha value is -0.130. The Morgan fingerprint density at radius 2 is 2.00 bits per heavy atom. The van der Waals surface area contributed by atoms with Crippen molar-refractivity contribution in [3.8, 4) is 0 Å². The van der Waals surface area contributed by atoms with Crippen LogP contribution < -0.4 is 5.32 Å². The molecule has 0 unspecified atom stereocenters. The Morgan fingerprint density at radius 1 is 1.38 bits per heavy atom. The molecule has 0 aliphatic heterocycles. The number of pyridine rings is 1. The van der Waals surface area contributed by atoms with E-state index < -0.39 is 0 Å². The highest BCUT2D eigenvalue weighted by molar-refractivity contribution is 9.11. The zero-order valence-electron chi connectivity index (χ0n) is 7.18. The van der Waals surface area contributed by atoms with Crippen molar-refractivity contribution < 1.29 is 4.74 Å². The highest BCUT2D eigenvalue weighted by atomic mass is 79.9. The largest absolute Gasteiger partial charge is 0.383 e. The number of nitrogens with zero attached hydrogens (tertiary/aromatic N) is 1. The van der Waals surface area contributed by atoms with Crippen molar-refractivity contribution in [3.63, 3.8) is 0 Å². The smallest absolute Gasteiger partial charge is 0.0661 e. The first-order chi connectivity index (χ1) is 6.25. The van der Waals surface area contributed by atoms with Gasteiger partial charge in [0.05, 0.1) is 21.2 Å². The number of rotatable bonds is 4.